The van der Waals surface area contributed by atoms with E-state index in [0.717, 1.165) is 29.9 Å². The van der Waals surface area contributed by atoms with Crippen molar-refractivity contribution < 1.29 is 4.39 Å². The van der Waals surface area contributed by atoms with Crippen LogP contribution in [0.4, 0.5) is 10.1 Å². The molecule has 23 heavy (non-hydrogen) atoms. The van der Waals surface area contributed by atoms with Gasteiger partial charge in [0.25, 0.3) is 0 Å². The standard InChI is InChI=1S/C20H19FN2/c21-16-10-8-15(9-11-16)19-14-20(23-12-4-1-5-13-23)17-6-2-3-7-18(17)22-19/h2-3,6-11,14H,1,4-5,12-13H2. The summed E-state index contributed by atoms with van der Waals surface area (Å²) in [5.74, 6) is -0.217. The van der Waals surface area contributed by atoms with Crippen molar-refractivity contribution in [3.8, 4) is 11.3 Å². The molecule has 0 amide bonds. The first-order chi connectivity index (χ1) is 11.3. The topological polar surface area (TPSA) is 16.1 Å². The van der Waals surface area contributed by atoms with Crippen molar-refractivity contribution in [1.29, 1.82) is 0 Å². The number of nitrogens with zero attached hydrogens (tertiary/aromatic N) is 2. The molecule has 0 N–H and O–H groups in total. The molecule has 2 heterocycles. The molecule has 1 saturated heterocycles. The molecule has 3 heteroatoms. The molecule has 3 aromatic rings. The highest BCUT2D eigenvalue weighted by Gasteiger charge is 2.16. The predicted octanol–water partition coefficient (Wildman–Crippen LogP) is 5.03. The fraction of sp³-hybridized carbons (Fsp3) is 0.250. The van der Waals surface area contributed by atoms with Gasteiger partial charge < -0.3 is 4.90 Å². The van der Waals surface area contributed by atoms with E-state index in [-0.39, 0.29) is 5.82 Å². The van der Waals surface area contributed by atoms with Crippen LogP contribution < -0.4 is 4.90 Å². The number of para-hydroxylation sites is 1. The number of hydrogen-bond donors (Lipinski definition) is 0. The Kier molecular flexibility index (Phi) is 3.70. The number of benzene rings is 2. The third-order valence-electron chi connectivity index (χ3n) is 4.53. The Morgan fingerprint density at radius 2 is 1.61 bits per heavy atom. The minimum atomic E-state index is -0.217. The quantitative estimate of drug-likeness (QED) is 0.660. The third-order valence-corrected chi connectivity index (χ3v) is 4.53. The fourth-order valence-electron chi connectivity index (χ4n) is 3.32. The number of anilines is 1. The molecular formula is C20H19FN2. The fourth-order valence-corrected chi connectivity index (χ4v) is 3.32. The largest absolute Gasteiger partial charge is 0.371 e. The molecule has 0 radical (unpaired) electrons. The lowest BCUT2D eigenvalue weighted by Crippen LogP contribution is -2.29. The van der Waals surface area contributed by atoms with Gasteiger partial charge in [-0.25, -0.2) is 9.37 Å². The van der Waals surface area contributed by atoms with E-state index >= 15 is 0 Å². The predicted molar refractivity (Wildman–Crippen MR) is 93.2 cm³/mol. The highest BCUT2D eigenvalue weighted by molar-refractivity contribution is 5.94. The molecule has 2 aromatic carbocycles. The molecule has 0 unspecified atom stereocenters. The number of piperidine rings is 1. The van der Waals surface area contributed by atoms with Gasteiger partial charge in [-0.3, -0.25) is 0 Å². The summed E-state index contributed by atoms with van der Waals surface area (Å²) in [6, 6.07) is 17.0. The van der Waals surface area contributed by atoms with E-state index < -0.39 is 0 Å². The van der Waals surface area contributed by atoms with Gasteiger partial charge in [0.2, 0.25) is 0 Å². The van der Waals surface area contributed by atoms with Gasteiger partial charge >= 0.3 is 0 Å². The van der Waals surface area contributed by atoms with E-state index in [1.807, 2.05) is 6.07 Å². The summed E-state index contributed by atoms with van der Waals surface area (Å²) in [7, 11) is 0. The van der Waals surface area contributed by atoms with E-state index in [1.54, 1.807) is 12.1 Å². The number of pyridine rings is 1. The van der Waals surface area contributed by atoms with Crippen LogP contribution in [0.5, 0.6) is 0 Å². The van der Waals surface area contributed by atoms with Crippen molar-refractivity contribution in [2.45, 2.75) is 19.3 Å². The Balaban J connectivity index is 1.87. The number of halogens is 1. The van der Waals surface area contributed by atoms with Crippen LogP contribution in [0.2, 0.25) is 0 Å². The average molecular weight is 306 g/mol. The molecular weight excluding hydrogens is 287 g/mol. The Morgan fingerprint density at radius 3 is 2.39 bits per heavy atom. The first-order valence-electron chi connectivity index (χ1n) is 8.22. The van der Waals surface area contributed by atoms with Crippen molar-refractivity contribution in [2.24, 2.45) is 0 Å². The van der Waals surface area contributed by atoms with Crippen LogP contribution in [0.3, 0.4) is 0 Å². The molecule has 116 valence electrons. The number of hydrogen-bond acceptors (Lipinski definition) is 2. The van der Waals surface area contributed by atoms with Gasteiger partial charge in [0.05, 0.1) is 11.2 Å². The molecule has 4 rings (SSSR count). The van der Waals surface area contributed by atoms with Crippen molar-refractivity contribution in [2.75, 3.05) is 18.0 Å². The van der Waals surface area contributed by atoms with Crippen LogP contribution in [-0.4, -0.2) is 18.1 Å². The van der Waals surface area contributed by atoms with E-state index in [2.05, 4.69) is 29.2 Å². The normalized spacial score (nSPS) is 15.1. The van der Waals surface area contributed by atoms with Crippen LogP contribution in [0.15, 0.2) is 54.6 Å². The smallest absolute Gasteiger partial charge is 0.123 e. The van der Waals surface area contributed by atoms with Gasteiger partial charge in [-0.15, -0.1) is 0 Å². The molecule has 2 nitrogen and oxygen atoms in total. The highest BCUT2D eigenvalue weighted by Crippen LogP contribution is 2.32. The van der Waals surface area contributed by atoms with Gasteiger partial charge in [-0.2, -0.15) is 0 Å². The van der Waals surface area contributed by atoms with Crippen molar-refractivity contribution >= 4 is 16.6 Å². The van der Waals surface area contributed by atoms with Crippen LogP contribution in [0.25, 0.3) is 22.2 Å². The van der Waals surface area contributed by atoms with Crippen molar-refractivity contribution in [3.05, 3.63) is 60.4 Å². The van der Waals surface area contributed by atoms with Crippen LogP contribution in [-0.2, 0) is 0 Å². The summed E-state index contributed by atoms with van der Waals surface area (Å²) < 4.78 is 13.2. The summed E-state index contributed by atoms with van der Waals surface area (Å²) in [5, 5.41) is 1.19. The second-order valence-electron chi connectivity index (χ2n) is 6.10. The third kappa shape index (κ3) is 2.79. The summed E-state index contributed by atoms with van der Waals surface area (Å²) in [6.07, 6.45) is 3.79. The number of fused-ring (bicyclic) bond motifs is 1. The molecule has 0 spiro atoms. The molecule has 0 bridgehead atoms. The van der Waals surface area contributed by atoms with E-state index in [4.69, 9.17) is 4.98 Å². The lowest BCUT2D eigenvalue weighted by Gasteiger charge is -2.30. The zero-order valence-electron chi connectivity index (χ0n) is 13.0. The van der Waals surface area contributed by atoms with E-state index in [1.165, 1.54) is 42.5 Å². The number of aromatic nitrogens is 1. The first-order valence-corrected chi connectivity index (χ1v) is 8.22. The van der Waals surface area contributed by atoms with Gasteiger partial charge in [0.1, 0.15) is 5.82 Å². The van der Waals surface area contributed by atoms with E-state index in [9.17, 15) is 4.39 Å². The number of rotatable bonds is 2. The molecule has 0 atom stereocenters. The first kappa shape index (κ1) is 14.2. The lowest BCUT2D eigenvalue weighted by molar-refractivity contribution is 0.579. The molecule has 1 aliphatic rings. The Bertz CT molecular complexity index is 821. The average Bonchev–Trinajstić information content (AvgIpc) is 2.62. The summed E-state index contributed by atoms with van der Waals surface area (Å²) in [4.78, 5) is 7.24. The highest BCUT2D eigenvalue weighted by atomic mass is 19.1. The minimum Gasteiger partial charge on any atom is -0.371 e. The Morgan fingerprint density at radius 1 is 0.870 bits per heavy atom. The Labute approximate surface area is 135 Å². The summed E-state index contributed by atoms with van der Waals surface area (Å²) in [6.45, 7) is 2.19. The second kappa shape index (κ2) is 5.99. The van der Waals surface area contributed by atoms with Crippen LogP contribution in [0, 0.1) is 5.82 Å². The summed E-state index contributed by atoms with van der Waals surface area (Å²) >= 11 is 0. The lowest BCUT2D eigenvalue weighted by atomic mass is 10.0. The van der Waals surface area contributed by atoms with E-state index in [0.29, 0.717) is 0 Å². The maximum atomic E-state index is 13.2. The summed E-state index contributed by atoms with van der Waals surface area (Å²) in [5.41, 5.74) is 4.10. The van der Waals surface area contributed by atoms with Gasteiger partial charge in [-0.05, 0) is 55.7 Å². The van der Waals surface area contributed by atoms with Gasteiger partial charge in [0, 0.05) is 29.7 Å². The van der Waals surface area contributed by atoms with Gasteiger partial charge in [0.15, 0.2) is 0 Å². The monoisotopic (exact) mass is 306 g/mol. The molecule has 1 fully saturated rings. The zero-order valence-corrected chi connectivity index (χ0v) is 13.0. The maximum Gasteiger partial charge on any atom is 0.123 e. The molecule has 0 aliphatic carbocycles. The zero-order chi connectivity index (χ0) is 15.6. The Hall–Kier alpha value is -2.42. The van der Waals surface area contributed by atoms with Crippen molar-refractivity contribution in [1.82, 2.24) is 4.98 Å². The van der Waals surface area contributed by atoms with Crippen LogP contribution in [0.1, 0.15) is 19.3 Å². The maximum absolute atomic E-state index is 13.2. The SMILES string of the molecule is Fc1ccc(-c2cc(N3CCCCC3)c3ccccc3n2)cc1. The van der Waals surface area contributed by atoms with Crippen molar-refractivity contribution in [3.63, 3.8) is 0 Å². The second-order valence-corrected chi connectivity index (χ2v) is 6.10. The van der Waals surface area contributed by atoms with Crippen LogP contribution >= 0.6 is 0 Å². The molecule has 1 aliphatic heterocycles. The molecule has 0 saturated carbocycles. The van der Waals surface area contributed by atoms with Gasteiger partial charge in [-0.1, -0.05) is 18.2 Å². The minimum absolute atomic E-state index is 0.217. The molecule has 1 aromatic heterocycles.